The highest BCUT2D eigenvalue weighted by Crippen LogP contribution is 2.36. The van der Waals surface area contributed by atoms with Crippen molar-refractivity contribution < 1.29 is 0 Å². The SMILES string of the molecule is CN1CCC(C)(CNc2c(Cl)cc(N)cc2Cl)CC1. The maximum Gasteiger partial charge on any atom is 0.0720 e. The Balaban J connectivity index is 2.03. The van der Waals surface area contributed by atoms with Crippen molar-refractivity contribution in [1.29, 1.82) is 0 Å². The molecule has 0 amide bonds. The molecule has 3 N–H and O–H groups in total. The van der Waals surface area contributed by atoms with E-state index in [1.807, 2.05) is 0 Å². The van der Waals surface area contributed by atoms with E-state index in [-0.39, 0.29) is 0 Å². The minimum Gasteiger partial charge on any atom is -0.399 e. The molecule has 0 aromatic heterocycles. The first-order valence-electron chi connectivity index (χ1n) is 6.57. The molecule has 106 valence electrons. The molecule has 0 radical (unpaired) electrons. The highest BCUT2D eigenvalue weighted by atomic mass is 35.5. The smallest absolute Gasteiger partial charge is 0.0720 e. The van der Waals surface area contributed by atoms with Crippen molar-refractivity contribution in [1.82, 2.24) is 4.90 Å². The monoisotopic (exact) mass is 301 g/mol. The van der Waals surface area contributed by atoms with Gasteiger partial charge in [-0.1, -0.05) is 30.1 Å². The third-order valence-corrected chi connectivity index (χ3v) is 4.55. The largest absolute Gasteiger partial charge is 0.399 e. The van der Waals surface area contributed by atoms with Crippen molar-refractivity contribution in [3.05, 3.63) is 22.2 Å². The molecule has 0 spiro atoms. The summed E-state index contributed by atoms with van der Waals surface area (Å²) in [4.78, 5) is 2.37. The van der Waals surface area contributed by atoms with Crippen LogP contribution in [0.3, 0.4) is 0 Å². The number of anilines is 2. The molecule has 0 aliphatic carbocycles. The van der Waals surface area contributed by atoms with E-state index in [0.717, 1.165) is 25.3 Å². The number of nitrogens with one attached hydrogen (secondary N) is 1. The van der Waals surface area contributed by atoms with Crippen LogP contribution in [-0.4, -0.2) is 31.6 Å². The van der Waals surface area contributed by atoms with Crippen LogP contribution < -0.4 is 11.1 Å². The van der Waals surface area contributed by atoms with Gasteiger partial charge in [0.2, 0.25) is 0 Å². The lowest BCUT2D eigenvalue weighted by Gasteiger charge is -2.38. The summed E-state index contributed by atoms with van der Waals surface area (Å²) >= 11 is 12.4. The van der Waals surface area contributed by atoms with Gasteiger partial charge in [0, 0.05) is 12.2 Å². The number of halogens is 2. The zero-order valence-corrected chi connectivity index (χ0v) is 13.0. The van der Waals surface area contributed by atoms with Crippen LogP contribution in [-0.2, 0) is 0 Å². The minimum atomic E-state index is 0.292. The first-order chi connectivity index (χ1) is 8.89. The van der Waals surface area contributed by atoms with Gasteiger partial charge in [-0.25, -0.2) is 0 Å². The second kappa shape index (κ2) is 5.78. The van der Waals surface area contributed by atoms with Gasteiger partial charge in [-0.3, -0.25) is 0 Å². The first-order valence-corrected chi connectivity index (χ1v) is 7.32. The summed E-state index contributed by atoms with van der Waals surface area (Å²) < 4.78 is 0. The second-order valence-electron chi connectivity index (χ2n) is 5.83. The molecule has 0 saturated carbocycles. The van der Waals surface area contributed by atoms with Crippen molar-refractivity contribution in [2.24, 2.45) is 5.41 Å². The number of nitrogen functional groups attached to an aromatic ring is 1. The standard InChI is InChI=1S/C14H21Cl2N3/c1-14(3-5-19(2)6-4-14)9-18-13-11(15)7-10(17)8-12(13)16/h7-8,18H,3-6,9,17H2,1-2H3. The van der Waals surface area contributed by atoms with Crippen molar-refractivity contribution in [2.75, 3.05) is 37.7 Å². The maximum atomic E-state index is 6.19. The number of benzene rings is 1. The summed E-state index contributed by atoms with van der Waals surface area (Å²) in [5.41, 5.74) is 7.38. The predicted octanol–water partition coefficient (Wildman–Crippen LogP) is 3.72. The van der Waals surface area contributed by atoms with Crippen LogP contribution in [0.5, 0.6) is 0 Å². The summed E-state index contributed by atoms with van der Waals surface area (Å²) in [6.45, 7) is 5.47. The molecular weight excluding hydrogens is 281 g/mol. The number of nitrogens with zero attached hydrogens (tertiary/aromatic N) is 1. The van der Waals surface area contributed by atoms with Crippen molar-refractivity contribution in [2.45, 2.75) is 19.8 Å². The molecule has 0 bridgehead atoms. The van der Waals surface area contributed by atoms with Gasteiger partial charge in [0.05, 0.1) is 15.7 Å². The Morgan fingerprint density at radius 2 is 1.79 bits per heavy atom. The molecule has 2 rings (SSSR count). The Morgan fingerprint density at radius 1 is 1.26 bits per heavy atom. The number of hydrogen-bond acceptors (Lipinski definition) is 3. The van der Waals surface area contributed by atoms with Crippen LogP contribution in [0, 0.1) is 5.41 Å². The molecule has 0 atom stereocenters. The first kappa shape index (κ1) is 14.8. The molecule has 5 heteroatoms. The zero-order valence-electron chi connectivity index (χ0n) is 11.5. The molecule has 0 unspecified atom stereocenters. The lowest BCUT2D eigenvalue weighted by Crippen LogP contribution is -2.40. The number of nitrogens with two attached hydrogens (primary N) is 1. The summed E-state index contributed by atoms with van der Waals surface area (Å²) in [5, 5.41) is 4.57. The highest BCUT2D eigenvalue weighted by Gasteiger charge is 2.28. The molecule has 19 heavy (non-hydrogen) atoms. The third kappa shape index (κ3) is 3.68. The Kier molecular flexibility index (Phi) is 4.49. The van der Waals surface area contributed by atoms with Crippen LogP contribution in [0.4, 0.5) is 11.4 Å². The lowest BCUT2D eigenvalue weighted by atomic mass is 9.80. The van der Waals surface area contributed by atoms with E-state index < -0.39 is 0 Å². The topological polar surface area (TPSA) is 41.3 Å². The minimum absolute atomic E-state index is 0.292. The van der Waals surface area contributed by atoms with Crippen molar-refractivity contribution in [3.8, 4) is 0 Å². The highest BCUT2D eigenvalue weighted by molar-refractivity contribution is 6.39. The maximum absolute atomic E-state index is 6.19. The quantitative estimate of drug-likeness (QED) is 0.836. The average molecular weight is 302 g/mol. The van der Waals surface area contributed by atoms with Gasteiger partial charge in [-0.15, -0.1) is 0 Å². The van der Waals surface area contributed by atoms with E-state index in [0.29, 0.717) is 21.1 Å². The van der Waals surface area contributed by atoms with Gasteiger partial charge < -0.3 is 16.0 Å². The van der Waals surface area contributed by atoms with Gasteiger partial charge in [0.1, 0.15) is 0 Å². The molecular formula is C14H21Cl2N3. The molecule has 1 aromatic carbocycles. The van der Waals surface area contributed by atoms with Crippen LogP contribution >= 0.6 is 23.2 Å². The number of likely N-dealkylation sites (tertiary alicyclic amines) is 1. The molecule has 1 fully saturated rings. The average Bonchev–Trinajstić information content (AvgIpc) is 2.32. The lowest BCUT2D eigenvalue weighted by molar-refractivity contribution is 0.150. The molecule has 1 aliphatic rings. The van der Waals surface area contributed by atoms with Crippen LogP contribution in [0.15, 0.2) is 12.1 Å². The summed E-state index contributed by atoms with van der Waals surface area (Å²) in [5.74, 6) is 0. The van der Waals surface area contributed by atoms with Crippen LogP contribution in [0.25, 0.3) is 0 Å². The van der Waals surface area contributed by atoms with E-state index in [1.54, 1.807) is 12.1 Å². The Bertz CT molecular complexity index is 431. The molecule has 3 nitrogen and oxygen atoms in total. The number of rotatable bonds is 3. The molecule has 1 aliphatic heterocycles. The summed E-state index contributed by atoms with van der Waals surface area (Å²) in [6, 6.07) is 3.46. The van der Waals surface area contributed by atoms with E-state index in [2.05, 4.69) is 24.2 Å². The molecule has 1 heterocycles. The van der Waals surface area contributed by atoms with Crippen molar-refractivity contribution in [3.63, 3.8) is 0 Å². The van der Waals surface area contributed by atoms with E-state index in [1.165, 1.54) is 12.8 Å². The third-order valence-electron chi connectivity index (χ3n) is 3.95. The molecule has 1 saturated heterocycles. The predicted molar refractivity (Wildman–Crippen MR) is 84.2 cm³/mol. The van der Waals surface area contributed by atoms with Gasteiger partial charge >= 0.3 is 0 Å². The molecule has 1 aromatic rings. The van der Waals surface area contributed by atoms with Crippen molar-refractivity contribution >= 4 is 34.6 Å². The Morgan fingerprint density at radius 3 is 2.32 bits per heavy atom. The zero-order chi connectivity index (χ0) is 14.0. The number of hydrogen-bond donors (Lipinski definition) is 2. The summed E-state index contributed by atoms with van der Waals surface area (Å²) in [7, 11) is 2.17. The Hall–Kier alpha value is -0.640. The van der Waals surface area contributed by atoms with Crippen LogP contribution in [0.1, 0.15) is 19.8 Å². The van der Waals surface area contributed by atoms with E-state index in [9.17, 15) is 0 Å². The normalized spacial score (nSPS) is 19.4. The van der Waals surface area contributed by atoms with Crippen LogP contribution in [0.2, 0.25) is 10.0 Å². The van der Waals surface area contributed by atoms with Gasteiger partial charge in [0.25, 0.3) is 0 Å². The van der Waals surface area contributed by atoms with E-state index >= 15 is 0 Å². The second-order valence-corrected chi connectivity index (χ2v) is 6.64. The van der Waals surface area contributed by atoms with E-state index in [4.69, 9.17) is 28.9 Å². The summed E-state index contributed by atoms with van der Waals surface area (Å²) in [6.07, 6.45) is 2.36. The fourth-order valence-electron chi connectivity index (χ4n) is 2.40. The van der Waals surface area contributed by atoms with Gasteiger partial charge in [-0.2, -0.15) is 0 Å². The number of piperidine rings is 1. The Labute approximate surface area is 125 Å². The van der Waals surface area contributed by atoms with Gasteiger partial charge in [-0.05, 0) is 50.5 Å². The fraction of sp³-hybridized carbons (Fsp3) is 0.571. The van der Waals surface area contributed by atoms with Gasteiger partial charge in [0.15, 0.2) is 0 Å². The fourth-order valence-corrected chi connectivity index (χ4v) is 3.04.